The third kappa shape index (κ3) is 3.82. The van der Waals surface area contributed by atoms with Crippen molar-refractivity contribution in [2.75, 3.05) is 37.9 Å². The quantitative estimate of drug-likeness (QED) is 0.849. The molecule has 8 heteroatoms. The molecule has 0 aliphatic carbocycles. The van der Waals surface area contributed by atoms with E-state index in [0.29, 0.717) is 13.1 Å². The number of piperidine rings is 1. The Hall–Kier alpha value is -1.77. The highest BCUT2D eigenvalue weighted by Crippen LogP contribution is 2.23. The van der Waals surface area contributed by atoms with E-state index in [0.717, 1.165) is 29.4 Å². The Labute approximate surface area is 142 Å². The minimum absolute atomic E-state index is 0.0404. The first-order valence-electron chi connectivity index (χ1n) is 8.02. The number of sulfonamides is 1. The molecule has 24 heavy (non-hydrogen) atoms. The largest absolute Gasteiger partial charge is 0.384 e. The number of rotatable bonds is 6. The minimum Gasteiger partial charge on any atom is -0.384 e. The van der Waals surface area contributed by atoms with Gasteiger partial charge in [0.2, 0.25) is 10.0 Å². The first-order chi connectivity index (χ1) is 11.6. The van der Waals surface area contributed by atoms with Gasteiger partial charge in [0.05, 0.1) is 29.8 Å². The Kier molecular flexibility index (Phi) is 5.27. The van der Waals surface area contributed by atoms with E-state index in [1.807, 2.05) is 12.1 Å². The minimum atomic E-state index is -3.22. The van der Waals surface area contributed by atoms with Gasteiger partial charge >= 0.3 is 0 Å². The molecule has 2 aromatic rings. The van der Waals surface area contributed by atoms with Crippen molar-refractivity contribution in [3.05, 3.63) is 30.7 Å². The molecule has 130 valence electrons. The Bertz CT molecular complexity index is 784. The SMILES string of the molecule is COCCS(=O)(=O)N1CCC(Nc2cncc3cccnc23)CC1. The Morgan fingerprint density at radius 3 is 2.88 bits per heavy atom. The van der Waals surface area contributed by atoms with E-state index in [4.69, 9.17) is 4.74 Å². The van der Waals surface area contributed by atoms with Crippen molar-refractivity contribution in [2.45, 2.75) is 18.9 Å². The molecule has 3 rings (SSSR count). The van der Waals surface area contributed by atoms with Crippen LogP contribution < -0.4 is 5.32 Å². The molecule has 0 aromatic carbocycles. The molecule has 1 N–H and O–H groups in total. The lowest BCUT2D eigenvalue weighted by molar-refractivity contribution is 0.214. The lowest BCUT2D eigenvalue weighted by Gasteiger charge is -2.32. The molecule has 1 fully saturated rings. The first-order valence-corrected chi connectivity index (χ1v) is 9.63. The summed E-state index contributed by atoms with van der Waals surface area (Å²) in [5.74, 6) is 0.0404. The van der Waals surface area contributed by atoms with Crippen LogP contribution in [0.4, 0.5) is 5.69 Å². The van der Waals surface area contributed by atoms with Crippen molar-refractivity contribution >= 4 is 26.6 Å². The number of anilines is 1. The third-order valence-electron chi connectivity index (χ3n) is 4.26. The van der Waals surface area contributed by atoms with E-state index >= 15 is 0 Å². The second-order valence-corrected chi connectivity index (χ2v) is 7.98. The topological polar surface area (TPSA) is 84.4 Å². The van der Waals surface area contributed by atoms with Crippen LogP contribution in [0.3, 0.4) is 0 Å². The molecule has 1 aliphatic heterocycles. The smallest absolute Gasteiger partial charge is 0.216 e. The number of nitrogens with zero attached hydrogens (tertiary/aromatic N) is 3. The zero-order valence-electron chi connectivity index (χ0n) is 13.7. The highest BCUT2D eigenvalue weighted by atomic mass is 32.2. The maximum Gasteiger partial charge on any atom is 0.216 e. The van der Waals surface area contributed by atoms with Crippen LogP contribution in [0.25, 0.3) is 10.9 Å². The van der Waals surface area contributed by atoms with Crippen molar-refractivity contribution in [3.8, 4) is 0 Å². The summed E-state index contributed by atoms with van der Waals surface area (Å²) < 4.78 is 30.8. The van der Waals surface area contributed by atoms with Crippen LogP contribution in [0.5, 0.6) is 0 Å². The van der Waals surface area contributed by atoms with Gasteiger partial charge in [0, 0.05) is 44.0 Å². The summed E-state index contributed by atoms with van der Waals surface area (Å²) >= 11 is 0. The first kappa shape index (κ1) is 17.1. The second-order valence-electron chi connectivity index (χ2n) is 5.89. The Morgan fingerprint density at radius 2 is 2.12 bits per heavy atom. The summed E-state index contributed by atoms with van der Waals surface area (Å²) in [5.41, 5.74) is 1.79. The van der Waals surface area contributed by atoms with Crippen LogP contribution in [0.15, 0.2) is 30.7 Å². The fraction of sp³-hybridized carbons (Fsp3) is 0.500. The normalized spacial score (nSPS) is 17.2. The molecule has 2 aromatic heterocycles. The fourth-order valence-electron chi connectivity index (χ4n) is 2.92. The maximum absolute atomic E-state index is 12.2. The fourth-order valence-corrected chi connectivity index (χ4v) is 4.32. The Morgan fingerprint density at radius 1 is 1.33 bits per heavy atom. The predicted octanol–water partition coefficient (Wildman–Crippen LogP) is 1.48. The van der Waals surface area contributed by atoms with Crippen molar-refractivity contribution in [2.24, 2.45) is 0 Å². The van der Waals surface area contributed by atoms with E-state index < -0.39 is 10.0 Å². The van der Waals surface area contributed by atoms with Gasteiger partial charge in [-0.15, -0.1) is 0 Å². The van der Waals surface area contributed by atoms with E-state index in [1.165, 1.54) is 7.11 Å². The molecule has 0 atom stereocenters. The predicted molar refractivity (Wildman–Crippen MR) is 93.4 cm³/mol. The molecule has 1 saturated heterocycles. The average molecular weight is 350 g/mol. The van der Waals surface area contributed by atoms with Gasteiger partial charge in [-0.25, -0.2) is 12.7 Å². The molecule has 0 saturated carbocycles. The molecule has 0 bridgehead atoms. The van der Waals surface area contributed by atoms with Crippen LogP contribution in [-0.2, 0) is 14.8 Å². The highest BCUT2D eigenvalue weighted by Gasteiger charge is 2.27. The van der Waals surface area contributed by atoms with Crippen LogP contribution in [0, 0.1) is 0 Å². The monoisotopic (exact) mass is 350 g/mol. The number of hydrogen-bond acceptors (Lipinski definition) is 6. The van der Waals surface area contributed by atoms with Crippen LogP contribution in [0.2, 0.25) is 0 Å². The molecule has 0 radical (unpaired) electrons. The summed E-state index contributed by atoms with van der Waals surface area (Å²) in [7, 11) is -1.71. The molecule has 7 nitrogen and oxygen atoms in total. The molecular weight excluding hydrogens is 328 g/mol. The molecule has 1 aliphatic rings. The number of fused-ring (bicyclic) bond motifs is 1. The van der Waals surface area contributed by atoms with Crippen molar-refractivity contribution in [3.63, 3.8) is 0 Å². The molecule has 3 heterocycles. The van der Waals surface area contributed by atoms with Gasteiger partial charge in [-0.05, 0) is 25.0 Å². The molecule has 0 amide bonds. The van der Waals surface area contributed by atoms with Gasteiger partial charge in [0.1, 0.15) is 0 Å². The van der Waals surface area contributed by atoms with E-state index in [1.54, 1.807) is 22.9 Å². The number of nitrogens with one attached hydrogen (secondary N) is 1. The zero-order valence-corrected chi connectivity index (χ0v) is 14.5. The number of pyridine rings is 2. The standard InChI is InChI=1S/C16H22N4O3S/c1-23-9-10-24(21,22)20-7-4-14(5-8-20)19-15-12-17-11-13-3-2-6-18-16(13)15/h2-3,6,11-12,14,19H,4-5,7-10H2,1H3. The lowest BCUT2D eigenvalue weighted by atomic mass is 10.1. The highest BCUT2D eigenvalue weighted by molar-refractivity contribution is 7.89. The summed E-state index contributed by atoms with van der Waals surface area (Å²) in [6.45, 7) is 1.28. The van der Waals surface area contributed by atoms with Gasteiger partial charge < -0.3 is 10.1 Å². The van der Waals surface area contributed by atoms with Gasteiger partial charge in [0.15, 0.2) is 0 Å². The van der Waals surface area contributed by atoms with Gasteiger partial charge in [-0.1, -0.05) is 0 Å². The van der Waals surface area contributed by atoms with Gasteiger partial charge in [0.25, 0.3) is 0 Å². The number of hydrogen-bond donors (Lipinski definition) is 1. The third-order valence-corrected chi connectivity index (χ3v) is 6.10. The Balaban J connectivity index is 1.63. The molecular formula is C16H22N4O3S. The summed E-state index contributed by atoms with van der Waals surface area (Å²) in [4.78, 5) is 8.66. The number of aromatic nitrogens is 2. The van der Waals surface area contributed by atoms with E-state index in [9.17, 15) is 8.42 Å². The van der Waals surface area contributed by atoms with Crippen molar-refractivity contribution < 1.29 is 13.2 Å². The van der Waals surface area contributed by atoms with E-state index in [2.05, 4.69) is 15.3 Å². The maximum atomic E-state index is 12.2. The van der Waals surface area contributed by atoms with Gasteiger partial charge in [-0.3, -0.25) is 9.97 Å². The van der Waals surface area contributed by atoms with E-state index in [-0.39, 0.29) is 18.4 Å². The van der Waals surface area contributed by atoms with Crippen molar-refractivity contribution in [1.82, 2.24) is 14.3 Å². The number of methoxy groups -OCH3 is 1. The molecule has 0 unspecified atom stereocenters. The summed E-state index contributed by atoms with van der Waals surface area (Å²) in [6, 6.07) is 4.08. The summed E-state index contributed by atoms with van der Waals surface area (Å²) in [5, 5.41) is 4.46. The number of ether oxygens (including phenoxy) is 1. The van der Waals surface area contributed by atoms with Crippen molar-refractivity contribution in [1.29, 1.82) is 0 Å². The van der Waals surface area contributed by atoms with Crippen LogP contribution in [0.1, 0.15) is 12.8 Å². The average Bonchev–Trinajstić information content (AvgIpc) is 2.61. The van der Waals surface area contributed by atoms with Crippen LogP contribution in [-0.4, -0.2) is 61.3 Å². The van der Waals surface area contributed by atoms with Gasteiger partial charge in [-0.2, -0.15) is 0 Å². The summed E-state index contributed by atoms with van der Waals surface area (Å²) in [6.07, 6.45) is 6.85. The lowest BCUT2D eigenvalue weighted by Crippen LogP contribution is -2.43. The molecule has 0 spiro atoms. The van der Waals surface area contributed by atoms with Crippen LogP contribution >= 0.6 is 0 Å². The second kappa shape index (κ2) is 7.42. The zero-order chi connectivity index (χ0) is 17.0.